The number of carbonyl (C=O) groups is 1. The van der Waals surface area contributed by atoms with Gasteiger partial charge in [0, 0.05) is 25.9 Å². The minimum absolute atomic E-state index is 0.0559. The molecular weight excluding hydrogens is 356 g/mol. The average molecular weight is 380 g/mol. The Balaban J connectivity index is 1.61. The maximum atomic E-state index is 12.4. The van der Waals surface area contributed by atoms with E-state index in [0.717, 1.165) is 18.8 Å². The zero-order valence-corrected chi connectivity index (χ0v) is 16.1. The number of hydrogen-bond acceptors (Lipinski definition) is 5. The Hall–Kier alpha value is -3.22. The van der Waals surface area contributed by atoms with Crippen molar-refractivity contribution in [3.05, 3.63) is 81.4 Å². The summed E-state index contributed by atoms with van der Waals surface area (Å²) in [5.74, 6) is 0.949. The third-order valence-electron chi connectivity index (χ3n) is 4.60. The minimum Gasteiger partial charge on any atom is -0.427 e. The highest BCUT2D eigenvalue weighted by molar-refractivity contribution is 5.95. The molecule has 7 nitrogen and oxygen atoms in total. The standard InChI is InChI=1S/C21H24N4O3/c1-3-25-14-23-24-18(25)11-12-22-20(26)19-15(2)13-17(28-21(19)27)10-9-16-7-5-4-6-8-16/h4-8,13-14H,3,9-12H2,1-2H3,(H,22,26). The lowest BCUT2D eigenvalue weighted by molar-refractivity contribution is 0.0949. The molecular formula is C21H24N4O3. The number of aryl methyl sites for hydroxylation is 4. The predicted octanol–water partition coefficient (Wildman–Crippen LogP) is 2.32. The second kappa shape index (κ2) is 9.12. The highest BCUT2D eigenvalue weighted by atomic mass is 16.4. The molecule has 0 saturated carbocycles. The molecule has 3 rings (SSSR count). The summed E-state index contributed by atoms with van der Waals surface area (Å²) in [6, 6.07) is 11.8. The first-order chi connectivity index (χ1) is 13.6. The Bertz CT molecular complexity index is 992. The van der Waals surface area contributed by atoms with Crippen LogP contribution in [0.15, 0.2) is 51.9 Å². The van der Waals surface area contributed by atoms with Crippen molar-refractivity contribution in [2.24, 2.45) is 0 Å². The van der Waals surface area contributed by atoms with Crippen molar-refractivity contribution in [2.45, 2.75) is 39.7 Å². The topological polar surface area (TPSA) is 90.0 Å². The van der Waals surface area contributed by atoms with Crippen molar-refractivity contribution in [3.63, 3.8) is 0 Å². The van der Waals surface area contributed by atoms with Gasteiger partial charge in [-0.3, -0.25) is 4.79 Å². The number of aromatic nitrogens is 3. The Kier molecular flexibility index (Phi) is 6.37. The molecule has 0 aliphatic carbocycles. The third kappa shape index (κ3) is 4.73. The fraction of sp³-hybridized carbons (Fsp3) is 0.333. The summed E-state index contributed by atoms with van der Waals surface area (Å²) in [6.45, 7) is 4.89. The zero-order valence-electron chi connectivity index (χ0n) is 16.1. The van der Waals surface area contributed by atoms with Gasteiger partial charge in [0.05, 0.1) is 0 Å². The highest BCUT2D eigenvalue weighted by Crippen LogP contribution is 2.10. The quantitative estimate of drug-likeness (QED) is 0.648. The van der Waals surface area contributed by atoms with E-state index in [9.17, 15) is 9.59 Å². The average Bonchev–Trinajstić information content (AvgIpc) is 3.14. The van der Waals surface area contributed by atoms with Crippen molar-refractivity contribution in [1.29, 1.82) is 0 Å². The fourth-order valence-electron chi connectivity index (χ4n) is 3.09. The second-order valence-electron chi connectivity index (χ2n) is 6.58. The van der Waals surface area contributed by atoms with Crippen LogP contribution in [0.4, 0.5) is 0 Å². The third-order valence-corrected chi connectivity index (χ3v) is 4.60. The van der Waals surface area contributed by atoms with Crippen LogP contribution in [0.3, 0.4) is 0 Å². The Morgan fingerprint density at radius 2 is 1.96 bits per heavy atom. The lowest BCUT2D eigenvalue weighted by atomic mass is 10.1. The molecule has 0 aliphatic rings. The summed E-state index contributed by atoms with van der Waals surface area (Å²) in [6.07, 6.45) is 3.57. The number of amides is 1. The van der Waals surface area contributed by atoms with Crippen LogP contribution in [0.2, 0.25) is 0 Å². The summed E-state index contributed by atoms with van der Waals surface area (Å²) in [5, 5.41) is 10.7. The van der Waals surface area contributed by atoms with E-state index >= 15 is 0 Å². The summed E-state index contributed by atoms with van der Waals surface area (Å²) < 4.78 is 7.29. The molecule has 1 aromatic carbocycles. The van der Waals surface area contributed by atoms with Crippen molar-refractivity contribution < 1.29 is 9.21 Å². The Morgan fingerprint density at radius 1 is 1.18 bits per heavy atom. The Labute approximate surface area is 163 Å². The normalized spacial score (nSPS) is 10.8. The Morgan fingerprint density at radius 3 is 2.68 bits per heavy atom. The van der Waals surface area contributed by atoms with Crippen LogP contribution in [0.25, 0.3) is 0 Å². The van der Waals surface area contributed by atoms with Gasteiger partial charge in [0.15, 0.2) is 0 Å². The van der Waals surface area contributed by atoms with Crippen LogP contribution in [0, 0.1) is 6.92 Å². The summed E-state index contributed by atoms with van der Waals surface area (Å²) >= 11 is 0. The monoisotopic (exact) mass is 380 g/mol. The van der Waals surface area contributed by atoms with Crippen LogP contribution in [0.1, 0.15) is 40.0 Å². The van der Waals surface area contributed by atoms with Crippen LogP contribution in [-0.4, -0.2) is 27.2 Å². The number of carbonyl (C=O) groups excluding carboxylic acids is 1. The molecule has 7 heteroatoms. The largest absolute Gasteiger partial charge is 0.427 e. The van der Waals surface area contributed by atoms with Gasteiger partial charge in [0.2, 0.25) is 0 Å². The minimum atomic E-state index is -0.600. The molecule has 0 atom stereocenters. The van der Waals surface area contributed by atoms with Gasteiger partial charge in [-0.15, -0.1) is 10.2 Å². The van der Waals surface area contributed by atoms with Gasteiger partial charge in [0.1, 0.15) is 23.5 Å². The van der Waals surface area contributed by atoms with Gasteiger partial charge in [-0.25, -0.2) is 4.79 Å². The predicted molar refractivity (Wildman–Crippen MR) is 105 cm³/mol. The molecule has 1 N–H and O–H groups in total. The number of rotatable bonds is 8. The van der Waals surface area contributed by atoms with Crippen LogP contribution in [0.5, 0.6) is 0 Å². The lowest BCUT2D eigenvalue weighted by Crippen LogP contribution is -2.31. The number of benzene rings is 1. The van der Waals surface area contributed by atoms with E-state index in [4.69, 9.17) is 4.42 Å². The molecule has 2 aromatic heterocycles. The van der Waals surface area contributed by atoms with Gasteiger partial charge in [0.25, 0.3) is 5.91 Å². The summed E-state index contributed by atoms with van der Waals surface area (Å²) in [5.41, 5.74) is 1.25. The van der Waals surface area contributed by atoms with E-state index in [1.807, 2.05) is 41.8 Å². The molecule has 0 fully saturated rings. The van der Waals surface area contributed by atoms with Gasteiger partial charge >= 0.3 is 5.63 Å². The SMILES string of the molecule is CCn1cnnc1CCNC(=O)c1c(C)cc(CCc2ccccc2)oc1=O. The fourth-order valence-corrected chi connectivity index (χ4v) is 3.09. The van der Waals surface area contributed by atoms with E-state index in [1.165, 1.54) is 5.56 Å². The number of hydrogen-bond donors (Lipinski definition) is 1. The first-order valence-corrected chi connectivity index (χ1v) is 9.41. The van der Waals surface area contributed by atoms with Crippen molar-refractivity contribution in [3.8, 4) is 0 Å². The first kappa shape index (κ1) is 19.5. The van der Waals surface area contributed by atoms with Crippen LogP contribution >= 0.6 is 0 Å². The molecule has 3 aromatic rings. The van der Waals surface area contributed by atoms with Gasteiger partial charge in [-0.05, 0) is 37.5 Å². The smallest absolute Gasteiger partial charge is 0.349 e. The van der Waals surface area contributed by atoms with Crippen molar-refractivity contribution in [2.75, 3.05) is 6.54 Å². The molecule has 28 heavy (non-hydrogen) atoms. The van der Waals surface area contributed by atoms with Crippen molar-refractivity contribution >= 4 is 5.91 Å². The second-order valence-corrected chi connectivity index (χ2v) is 6.58. The molecule has 0 saturated heterocycles. The zero-order chi connectivity index (χ0) is 19.9. The summed E-state index contributed by atoms with van der Waals surface area (Å²) in [4.78, 5) is 24.8. The van der Waals surface area contributed by atoms with Crippen LogP contribution < -0.4 is 10.9 Å². The maximum absolute atomic E-state index is 12.4. The van der Waals surface area contributed by atoms with E-state index in [2.05, 4.69) is 15.5 Å². The molecule has 0 spiro atoms. The van der Waals surface area contributed by atoms with E-state index in [1.54, 1.807) is 19.3 Å². The molecule has 0 radical (unpaired) electrons. The molecule has 0 aliphatic heterocycles. The van der Waals surface area contributed by atoms with Gasteiger partial charge in [-0.1, -0.05) is 30.3 Å². The number of nitrogens with zero attached hydrogens (tertiary/aromatic N) is 3. The van der Waals surface area contributed by atoms with Gasteiger partial charge in [-0.2, -0.15) is 0 Å². The first-order valence-electron chi connectivity index (χ1n) is 9.41. The van der Waals surface area contributed by atoms with E-state index in [0.29, 0.717) is 30.7 Å². The molecule has 0 unspecified atom stereocenters. The molecule has 1 amide bonds. The van der Waals surface area contributed by atoms with Crippen molar-refractivity contribution in [1.82, 2.24) is 20.1 Å². The molecule has 0 bridgehead atoms. The molecule has 146 valence electrons. The van der Waals surface area contributed by atoms with E-state index < -0.39 is 11.5 Å². The van der Waals surface area contributed by atoms with E-state index in [-0.39, 0.29) is 5.56 Å². The van der Waals surface area contributed by atoms with Gasteiger partial charge < -0.3 is 14.3 Å². The van der Waals surface area contributed by atoms with Crippen LogP contribution in [-0.2, 0) is 25.8 Å². The lowest BCUT2D eigenvalue weighted by Gasteiger charge is -2.08. The summed E-state index contributed by atoms with van der Waals surface area (Å²) in [7, 11) is 0. The highest BCUT2D eigenvalue weighted by Gasteiger charge is 2.17. The molecule has 2 heterocycles. The maximum Gasteiger partial charge on any atom is 0.349 e. The number of nitrogens with one attached hydrogen (secondary N) is 1.